The monoisotopic (exact) mass is 356 g/mol. The molecule has 6 nitrogen and oxygen atoms in total. The Kier molecular flexibility index (Phi) is 7.49. The number of hydrogen-bond donors (Lipinski definition) is 2. The zero-order valence-electron chi connectivity index (χ0n) is 15.1. The molecular weight excluding hydrogens is 332 g/mol. The van der Waals surface area contributed by atoms with E-state index in [1.807, 2.05) is 50.2 Å². The number of amides is 2. The molecule has 0 saturated heterocycles. The van der Waals surface area contributed by atoms with Gasteiger partial charge in [-0.3, -0.25) is 9.59 Å². The largest absolute Gasteiger partial charge is 0.484 e. The number of carbonyl (C=O) groups excluding carboxylic acids is 2. The minimum absolute atomic E-state index is 0.0616. The SMILES string of the molecule is Cc1cccc(OCC(=O)NCCNC(=O)COc2cccc(C)c2)c1. The van der Waals surface area contributed by atoms with Crippen LogP contribution in [-0.2, 0) is 9.59 Å². The first-order chi connectivity index (χ1) is 12.5. The fourth-order valence-corrected chi connectivity index (χ4v) is 2.21. The molecule has 0 aliphatic heterocycles. The van der Waals surface area contributed by atoms with Gasteiger partial charge in [0.2, 0.25) is 0 Å². The van der Waals surface area contributed by atoms with Crippen LogP contribution in [0.1, 0.15) is 11.1 Å². The Morgan fingerprint density at radius 3 is 1.58 bits per heavy atom. The Hall–Kier alpha value is -3.02. The summed E-state index contributed by atoms with van der Waals surface area (Å²) in [6.07, 6.45) is 0. The van der Waals surface area contributed by atoms with Gasteiger partial charge in [0.1, 0.15) is 11.5 Å². The van der Waals surface area contributed by atoms with Crippen LogP contribution in [0.2, 0.25) is 0 Å². The Bertz CT molecular complexity index is 683. The zero-order valence-corrected chi connectivity index (χ0v) is 15.1. The van der Waals surface area contributed by atoms with Gasteiger partial charge in [0.15, 0.2) is 13.2 Å². The highest BCUT2D eigenvalue weighted by Crippen LogP contribution is 2.12. The molecule has 0 aliphatic rings. The minimum Gasteiger partial charge on any atom is -0.484 e. The molecule has 2 aromatic rings. The lowest BCUT2D eigenvalue weighted by molar-refractivity contribution is -0.124. The molecule has 6 heteroatoms. The summed E-state index contributed by atoms with van der Waals surface area (Å²) < 4.78 is 10.8. The summed E-state index contributed by atoms with van der Waals surface area (Å²) in [5, 5.41) is 5.37. The minimum atomic E-state index is -0.239. The summed E-state index contributed by atoms with van der Waals surface area (Å²) in [4.78, 5) is 23.4. The quantitative estimate of drug-likeness (QED) is 0.674. The van der Waals surface area contributed by atoms with E-state index in [0.717, 1.165) is 11.1 Å². The lowest BCUT2D eigenvalue weighted by Crippen LogP contribution is -2.38. The zero-order chi connectivity index (χ0) is 18.8. The van der Waals surface area contributed by atoms with E-state index in [9.17, 15) is 9.59 Å². The smallest absolute Gasteiger partial charge is 0.258 e. The van der Waals surface area contributed by atoms with Gasteiger partial charge in [0, 0.05) is 13.1 Å². The lowest BCUT2D eigenvalue weighted by Gasteiger charge is -2.10. The molecule has 0 unspecified atom stereocenters. The Morgan fingerprint density at radius 2 is 1.19 bits per heavy atom. The summed E-state index contributed by atoms with van der Waals surface area (Å²) in [6, 6.07) is 15.0. The van der Waals surface area contributed by atoms with Crippen molar-refractivity contribution < 1.29 is 19.1 Å². The molecule has 2 N–H and O–H groups in total. The fourth-order valence-electron chi connectivity index (χ4n) is 2.21. The van der Waals surface area contributed by atoms with Gasteiger partial charge >= 0.3 is 0 Å². The van der Waals surface area contributed by atoms with Crippen LogP contribution in [0.4, 0.5) is 0 Å². The summed E-state index contributed by atoms with van der Waals surface area (Å²) in [5.41, 5.74) is 2.14. The van der Waals surface area contributed by atoms with Crippen LogP contribution in [0.5, 0.6) is 11.5 Å². The predicted molar refractivity (Wildman–Crippen MR) is 99.4 cm³/mol. The first-order valence-corrected chi connectivity index (χ1v) is 8.45. The third-order valence-electron chi connectivity index (χ3n) is 3.49. The molecule has 138 valence electrons. The third-order valence-corrected chi connectivity index (χ3v) is 3.49. The van der Waals surface area contributed by atoms with Gasteiger partial charge in [-0.1, -0.05) is 24.3 Å². The van der Waals surface area contributed by atoms with Crippen molar-refractivity contribution in [3.05, 3.63) is 59.7 Å². The molecule has 0 bridgehead atoms. The molecule has 0 spiro atoms. The number of benzene rings is 2. The Balaban J connectivity index is 1.56. The molecule has 0 atom stereocenters. The van der Waals surface area contributed by atoms with Crippen LogP contribution in [0, 0.1) is 13.8 Å². The maximum atomic E-state index is 11.7. The first-order valence-electron chi connectivity index (χ1n) is 8.45. The average Bonchev–Trinajstić information content (AvgIpc) is 2.62. The number of hydrogen-bond acceptors (Lipinski definition) is 4. The van der Waals surface area contributed by atoms with Crippen molar-refractivity contribution in [1.29, 1.82) is 0 Å². The van der Waals surface area contributed by atoms with E-state index < -0.39 is 0 Å². The van der Waals surface area contributed by atoms with Gasteiger partial charge in [-0.25, -0.2) is 0 Å². The molecular formula is C20H24N2O4. The molecule has 2 rings (SSSR count). The molecule has 0 aliphatic carbocycles. The highest BCUT2D eigenvalue weighted by molar-refractivity contribution is 5.78. The van der Waals surface area contributed by atoms with Crippen molar-refractivity contribution >= 4 is 11.8 Å². The number of ether oxygens (including phenoxy) is 2. The lowest BCUT2D eigenvalue weighted by atomic mass is 10.2. The van der Waals surface area contributed by atoms with Crippen molar-refractivity contribution in [3.8, 4) is 11.5 Å². The molecule has 0 heterocycles. The van der Waals surface area contributed by atoms with Crippen LogP contribution in [0.3, 0.4) is 0 Å². The van der Waals surface area contributed by atoms with E-state index in [0.29, 0.717) is 24.6 Å². The van der Waals surface area contributed by atoms with Gasteiger partial charge in [0.05, 0.1) is 0 Å². The second kappa shape index (κ2) is 10.1. The summed E-state index contributed by atoms with van der Waals surface area (Å²) in [7, 11) is 0. The van der Waals surface area contributed by atoms with Crippen molar-refractivity contribution in [2.45, 2.75) is 13.8 Å². The van der Waals surface area contributed by atoms with E-state index >= 15 is 0 Å². The predicted octanol–water partition coefficient (Wildman–Crippen LogP) is 1.99. The number of rotatable bonds is 9. The van der Waals surface area contributed by atoms with E-state index in [1.165, 1.54) is 0 Å². The van der Waals surface area contributed by atoms with Gasteiger partial charge in [0.25, 0.3) is 11.8 Å². The molecule has 26 heavy (non-hydrogen) atoms. The van der Waals surface area contributed by atoms with E-state index in [-0.39, 0.29) is 25.0 Å². The second-order valence-electron chi connectivity index (χ2n) is 5.91. The van der Waals surface area contributed by atoms with Gasteiger partial charge < -0.3 is 20.1 Å². The van der Waals surface area contributed by atoms with E-state index in [2.05, 4.69) is 10.6 Å². The highest BCUT2D eigenvalue weighted by Gasteiger charge is 2.05. The standard InChI is InChI=1S/C20H24N2O4/c1-15-5-3-7-17(11-15)25-13-19(23)21-9-10-22-20(24)14-26-18-8-4-6-16(2)12-18/h3-8,11-12H,9-10,13-14H2,1-2H3,(H,21,23)(H,22,24). The number of nitrogens with one attached hydrogen (secondary N) is 2. The molecule has 0 saturated carbocycles. The van der Waals surface area contributed by atoms with Crippen LogP contribution in [-0.4, -0.2) is 38.1 Å². The molecule has 0 fully saturated rings. The summed E-state index contributed by atoms with van der Waals surface area (Å²) >= 11 is 0. The normalized spacial score (nSPS) is 10.1. The Morgan fingerprint density at radius 1 is 0.769 bits per heavy atom. The van der Waals surface area contributed by atoms with Crippen LogP contribution in [0.15, 0.2) is 48.5 Å². The number of carbonyl (C=O) groups is 2. The summed E-state index contributed by atoms with van der Waals surface area (Å²) in [6.45, 7) is 4.44. The van der Waals surface area contributed by atoms with Gasteiger partial charge in [-0.2, -0.15) is 0 Å². The van der Waals surface area contributed by atoms with Crippen molar-refractivity contribution in [3.63, 3.8) is 0 Å². The molecule has 0 radical (unpaired) electrons. The third kappa shape index (κ3) is 7.25. The number of aryl methyl sites for hydroxylation is 2. The fraction of sp³-hybridized carbons (Fsp3) is 0.300. The summed E-state index contributed by atoms with van der Waals surface area (Å²) in [5.74, 6) is 0.831. The molecule has 2 amide bonds. The van der Waals surface area contributed by atoms with E-state index in [1.54, 1.807) is 12.1 Å². The van der Waals surface area contributed by atoms with E-state index in [4.69, 9.17) is 9.47 Å². The van der Waals surface area contributed by atoms with Gasteiger partial charge in [-0.15, -0.1) is 0 Å². The van der Waals surface area contributed by atoms with Crippen LogP contribution >= 0.6 is 0 Å². The highest BCUT2D eigenvalue weighted by atomic mass is 16.5. The topological polar surface area (TPSA) is 76.7 Å². The maximum absolute atomic E-state index is 11.7. The van der Waals surface area contributed by atoms with Crippen molar-refractivity contribution in [2.75, 3.05) is 26.3 Å². The second-order valence-corrected chi connectivity index (χ2v) is 5.91. The first kappa shape index (κ1) is 19.3. The van der Waals surface area contributed by atoms with Crippen molar-refractivity contribution in [2.24, 2.45) is 0 Å². The average molecular weight is 356 g/mol. The molecule has 0 aromatic heterocycles. The van der Waals surface area contributed by atoms with Crippen molar-refractivity contribution in [1.82, 2.24) is 10.6 Å². The van der Waals surface area contributed by atoms with Gasteiger partial charge in [-0.05, 0) is 49.2 Å². The maximum Gasteiger partial charge on any atom is 0.258 e. The van der Waals surface area contributed by atoms with Crippen LogP contribution < -0.4 is 20.1 Å². The Labute approximate surface area is 153 Å². The van der Waals surface area contributed by atoms with Crippen LogP contribution in [0.25, 0.3) is 0 Å². The molecule has 2 aromatic carbocycles.